The van der Waals surface area contributed by atoms with E-state index in [0.717, 1.165) is 24.3 Å². The van der Waals surface area contributed by atoms with Gasteiger partial charge in [0, 0.05) is 12.6 Å². The zero-order valence-corrected chi connectivity index (χ0v) is 10.1. The van der Waals surface area contributed by atoms with Gasteiger partial charge in [-0.1, -0.05) is 19.1 Å². The molecule has 0 aliphatic heterocycles. The van der Waals surface area contributed by atoms with Gasteiger partial charge < -0.3 is 15.2 Å². The van der Waals surface area contributed by atoms with E-state index in [1.807, 2.05) is 31.2 Å². The van der Waals surface area contributed by atoms with Gasteiger partial charge in [-0.15, -0.1) is 0 Å². The molecule has 0 aliphatic carbocycles. The Labute approximate surface area is 97.6 Å². The minimum Gasteiger partial charge on any atom is -0.491 e. The van der Waals surface area contributed by atoms with Crippen molar-refractivity contribution < 1.29 is 9.47 Å². The van der Waals surface area contributed by atoms with Gasteiger partial charge in [0.25, 0.3) is 0 Å². The van der Waals surface area contributed by atoms with Crippen molar-refractivity contribution in [1.29, 1.82) is 0 Å². The van der Waals surface area contributed by atoms with E-state index in [1.54, 1.807) is 0 Å². The summed E-state index contributed by atoms with van der Waals surface area (Å²) in [6.07, 6.45) is 1.04. The summed E-state index contributed by atoms with van der Waals surface area (Å²) in [5.74, 6) is 0.865. The largest absolute Gasteiger partial charge is 0.491 e. The molecule has 0 amide bonds. The highest BCUT2D eigenvalue weighted by molar-refractivity contribution is 5.28. The maximum absolute atomic E-state index is 5.76. The number of benzene rings is 1. The number of hydrogen-bond acceptors (Lipinski definition) is 3. The minimum absolute atomic E-state index is 0.0712. The van der Waals surface area contributed by atoms with Crippen LogP contribution in [-0.4, -0.2) is 19.8 Å². The van der Waals surface area contributed by atoms with E-state index < -0.39 is 0 Å². The summed E-state index contributed by atoms with van der Waals surface area (Å²) in [6.45, 7) is 6.09. The van der Waals surface area contributed by atoms with Crippen LogP contribution in [-0.2, 0) is 4.74 Å². The fraction of sp³-hybridized carbons (Fsp3) is 0.538. The zero-order valence-electron chi connectivity index (χ0n) is 10.1. The molecule has 0 aromatic heterocycles. The molecular weight excluding hydrogens is 202 g/mol. The van der Waals surface area contributed by atoms with E-state index in [2.05, 4.69) is 6.92 Å². The molecule has 0 aliphatic rings. The molecule has 0 saturated heterocycles. The van der Waals surface area contributed by atoms with Crippen LogP contribution < -0.4 is 10.5 Å². The fourth-order valence-electron chi connectivity index (χ4n) is 1.33. The van der Waals surface area contributed by atoms with Crippen LogP contribution in [0, 0.1) is 0 Å². The first-order valence-corrected chi connectivity index (χ1v) is 5.80. The Morgan fingerprint density at radius 2 is 1.81 bits per heavy atom. The molecule has 90 valence electrons. The van der Waals surface area contributed by atoms with Crippen molar-refractivity contribution in [3.05, 3.63) is 29.8 Å². The average molecular weight is 223 g/mol. The Morgan fingerprint density at radius 3 is 2.38 bits per heavy atom. The number of nitrogens with two attached hydrogens (primary N) is 1. The fourth-order valence-corrected chi connectivity index (χ4v) is 1.33. The van der Waals surface area contributed by atoms with Gasteiger partial charge in [0.15, 0.2) is 0 Å². The standard InChI is InChI=1S/C13H21NO2/c1-3-8-15-9-10-16-13-6-4-12(5-7-13)11(2)14/h4-7,11H,3,8-10,14H2,1-2H3/t11-/m0/s1. The minimum atomic E-state index is 0.0712. The van der Waals surface area contributed by atoms with Crippen molar-refractivity contribution in [1.82, 2.24) is 0 Å². The summed E-state index contributed by atoms with van der Waals surface area (Å²) in [5.41, 5.74) is 6.88. The third kappa shape index (κ3) is 4.64. The van der Waals surface area contributed by atoms with Crippen LogP contribution in [0.4, 0.5) is 0 Å². The second-order valence-electron chi connectivity index (χ2n) is 3.82. The summed E-state index contributed by atoms with van der Waals surface area (Å²) in [7, 11) is 0. The van der Waals surface area contributed by atoms with Crippen LogP contribution >= 0.6 is 0 Å². The van der Waals surface area contributed by atoms with Gasteiger partial charge in [-0.05, 0) is 31.0 Å². The Kier molecular flexibility index (Phi) is 5.90. The van der Waals surface area contributed by atoms with Crippen LogP contribution in [0.5, 0.6) is 5.75 Å². The zero-order chi connectivity index (χ0) is 11.8. The van der Waals surface area contributed by atoms with Gasteiger partial charge in [-0.25, -0.2) is 0 Å². The maximum Gasteiger partial charge on any atom is 0.119 e. The molecule has 1 aromatic rings. The van der Waals surface area contributed by atoms with Gasteiger partial charge >= 0.3 is 0 Å². The molecule has 1 atom stereocenters. The van der Waals surface area contributed by atoms with E-state index in [9.17, 15) is 0 Å². The lowest BCUT2D eigenvalue weighted by Gasteiger charge is -2.09. The van der Waals surface area contributed by atoms with Crippen LogP contribution in [0.1, 0.15) is 31.9 Å². The number of ether oxygens (including phenoxy) is 2. The van der Waals surface area contributed by atoms with Crippen molar-refractivity contribution in [2.75, 3.05) is 19.8 Å². The molecule has 16 heavy (non-hydrogen) atoms. The van der Waals surface area contributed by atoms with E-state index in [-0.39, 0.29) is 6.04 Å². The lowest BCUT2D eigenvalue weighted by Crippen LogP contribution is -2.08. The monoisotopic (exact) mass is 223 g/mol. The highest BCUT2D eigenvalue weighted by Crippen LogP contribution is 2.15. The van der Waals surface area contributed by atoms with Crippen LogP contribution in [0.3, 0.4) is 0 Å². The summed E-state index contributed by atoms with van der Waals surface area (Å²) >= 11 is 0. The smallest absolute Gasteiger partial charge is 0.119 e. The van der Waals surface area contributed by atoms with Crippen molar-refractivity contribution in [2.45, 2.75) is 26.3 Å². The lowest BCUT2D eigenvalue weighted by molar-refractivity contribution is 0.101. The molecule has 0 unspecified atom stereocenters. The van der Waals surface area contributed by atoms with E-state index in [1.165, 1.54) is 0 Å². The summed E-state index contributed by atoms with van der Waals surface area (Å²) in [5, 5.41) is 0. The topological polar surface area (TPSA) is 44.5 Å². The molecule has 0 saturated carbocycles. The van der Waals surface area contributed by atoms with Gasteiger partial charge in [-0.2, -0.15) is 0 Å². The van der Waals surface area contributed by atoms with Crippen molar-refractivity contribution >= 4 is 0 Å². The summed E-state index contributed by atoms with van der Waals surface area (Å²) < 4.78 is 10.8. The summed E-state index contributed by atoms with van der Waals surface area (Å²) in [4.78, 5) is 0. The first-order chi connectivity index (χ1) is 7.74. The maximum atomic E-state index is 5.76. The Balaban J connectivity index is 2.27. The normalized spacial score (nSPS) is 12.4. The third-order valence-electron chi connectivity index (χ3n) is 2.25. The van der Waals surface area contributed by atoms with Gasteiger partial charge in [0.1, 0.15) is 12.4 Å². The Morgan fingerprint density at radius 1 is 1.12 bits per heavy atom. The van der Waals surface area contributed by atoms with Crippen LogP contribution in [0.2, 0.25) is 0 Å². The van der Waals surface area contributed by atoms with Crippen molar-refractivity contribution in [3.8, 4) is 5.75 Å². The van der Waals surface area contributed by atoms with E-state index in [4.69, 9.17) is 15.2 Å². The third-order valence-corrected chi connectivity index (χ3v) is 2.25. The second-order valence-corrected chi connectivity index (χ2v) is 3.82. The first-order valence-electron chi connectivity index (χ1n) is 5.80. The highest BCUT2D eigenvalue weighted by Gasteiger charge is 1.99. The molecule has 0 heterocycles. The average Bonchev–Trinajstić information content (AvgIpc) is 2.29. The molecule has 0 bridgehead atoms. The molecule has 1 aromatic carbocycles. The molecule has 3 heteroatoms. The predicted octanol–water partition coefficient (Wildman–Crippen LogP) is 2.51. The second kappa shape index (κ2) is 7.25. The highest BCUT2D eigenvalue weighted by atomic mass is 16.5. The lowest BCUT2D eigenvalue weighted by atomic mass is 10.1. The van der Waals surface area contributed by atoms with Gasteiger partial charge in [0.05, 0.1) is 6.61 Å². The molecule has 1 rings (SSSR count). The Hall–Kier alpha value is -1.06. The molecule has 0 fully saturated rings. The molecule has 3 nitrogen and oxygen atoms in total. The van der Waals surface area contributed by atoms with Gasteiger partial charge in [-0.3, -0.25) is 0 Å². The first kappa shape index (κ1) is 13.0. The predicted molar refractivity (Wildman–Crippen MR) is 65.6 cm³/mol. The number of rotatable bonds is 7. The van der Waals surface area contributed by atoms with E-state index in [0.29, 0.717) is 13.2 Å². The van der Waals surface area contributed by atoms with Gasteiger partial charge in [0.2, 0.25) is 0 Å². The van der Waals surface area contributed by atoms with Crippen molar-refractivity contribution in [3.63, 3.8) is 0 Å². The SMILES string of the molecule is CCCOCCOc1ccc([C@H](C)N)cc1. The van der Waals surface area contributed by atoms with Crippen molar-refractivity contribution in [2.24, 2.45) is 5.73 Å². The quantitative estimate of drug-likeness (QED) is 0.722. The molecular formula is C13H21NO2. The molecule has 2 N–H and O–H groups in total. The Bertz CT molecular complexity index is 282. The summed E-state index contributed by atoms with van der Waals surface area (Å²) in [6, 6.07) is 7.94. The molecule has 0 radical (unpaired) electrons. The molecule has 0 spiro atoms. The number of hydrogen-bond donors (Lipinski definition) is 1. The van der Waals surface area contributed by atoms with E-state index >= 15 is 0 Å². The van der Waals surface area contributed by atoms with Crippen LogP contribution in [0.15, 0.2) is 24.3 Å². The van der Waals surface area contributed by atoms with Crippen LogP contribution in [0.25, 0.3) is 0 Å².